The summed E-state index contributed by atoms with van der Waals surface area (Å²) in [5.41, 5.74) is 3.37. The van der Waals surface area contributed by atoms with Crippen molar-refractivity contribution in [2.75, 3.05) is 13.1 Å². The topological polar surface area (TPSA) is 46.3 Å². The number of benzene rings is 2. The van der Waals surface area contributed by atoms with Crippen molar-refractivity contribution in [1.29, 1.82) is 0 Å². The lowest BCUT2D eigenvalue weighted by Gasteiger charge is -2.32. The maximum Gasteiger partial charge on any atom is 0.253 e. The molecule has 0 spiro atoms. The lowest BCUT2D eigenvalue weighted by atomic mass is 9.90. The van der Waals surface area contributed by atoms with Crippen LogP contribution in [0.4, 0.5) is 4.39 Å². The van der Waals surface area contributed by atoms with Gasteiger partial charge in [0.2, 0.25) is 0 Å². The first kappa shape index (κ1) is 17.4. The van der Waals surface area contributed by atoms with Crippen LogP contribution in [0.25, 0.3) is 11.1 Å². The van der Waals surface area contributed by atoms with E-state index in [9.17, 15) is 9.18 Å². The molecule has 5 rings (SSSR count). The first-order valence-electron chi connectivity index (χ1n) is 10.1. The van der Waals surface area contributed by atoms with Crippen molar-refractivity contribution >= 4 is 17.0 Å². The van der Waals surface area contributed by atoms with Crippen LogP contribution in [0, 0.1) is 11.7 Å². The van der Waals surface area contributed by atoms with E-state index in [0.717, 1.165) is 62.2 Å². The van der Waals surface area contributed by atoms with Gasteiger partial charge in [-0.2, -0.15) is 0 Å². The summed E-state index contributed by atoms with van der Waals surface area (Å²) in [4.78, 5) is 19.4. The number of amides is 1. The summed E-state index contributed by atoms with van der Waals surface area (Å²) in [6, 6.07) is 12.3. The van der Waals surface area contributed by atoms with E-state index in [-0.39, 0.29) is 11.7 Å². The standard InChI is InChI=1S/C23H23FN2O2/c24-19-6-1-15(2-7-19)13-16-9-11-26(12-10-16)23(27)18-5-8-20-21(14-18)28-22(25-20)17-3-4-17/h1-2,5-8,14,16-17H,3-4,9-13H2. The van der Waals surface area contributed by atoms with Gasteiger partial charge in [0, 0.05) is 24.6 Å². The number of carbonyl (C=O) groups is 1. The molecule has 2 fully saturated rings. The maximum atomic E-state index is 13.1. The number of hydrogen-bond acceptors (Lipinski definition) is 3. The minimum atomic E-state index is -0.197. The molecule has 1 aliphatic carbocycles. The molecule has 1 aromatic heterocycles. The van der Waals surface area contributed by atoms with Crippen LogP contribution < -0.4 is 0 Å². The second-order valence-electron chi connectivity index (χ2n) is 8.08. The van der Waals surface area contributed by atoms with Crippen LogP contribution in [0.1, 0.15) is 53.4 Å². The molecule has 0 unspecified atom stereocenters. The fourth-order valence-corrected chi connectivity index (χ4v) is 4.06. The van der Waals surface area contributed by atoms with Crippen molar-refractivity contribution in [3.8, 4) is 0 Å². The monoisotopic (exact) mass is 378 g/mol. The Kier molecular flexibility index (Phi) is 4.38. The highest BCUT2D eigenvalue weighted by atomic mass is 19.1. The van der Waals surface area contributed by atoms with Crippen LogP contribution in [0.3, 0.4) is 0 Å². The maximum absolute atomic E-state index is 13.1. The molecule has 2 heterocycles. The Balaban J connectivity index is 1.22. The highest BCUT2D eigenvalue weighted by Gasteiger charge is 2.29. The normalized spacial score (nSPS) is 18.0. The largest absolute Gasteiger partial charge is 0.440 e. The molecule has 0 bridgehead atoms. The number of likely N-dealkylation sites (tertiary alicyclic amines) is 1. The van der Waals surface area contributed by atoms with Crippen molar-refractivity contribution in [2.45, 2.75) is 38.0 Å². The van der Waals surface area contributed by atoms with E-state index in [4.69, 9.17) is 4.42 Å². The minimum absolute atomic E-state index is 0.0616. The Hall–Kier alpha value is -2.69. The average molecular weight is 378 g/mol. The second-order valence-corrected chi connectivity index (χ2v) is 8.08. The molecular weight excluding hydrogens is 355 g/mol. The molecule has 28 heavy (non-hydrogen) atoms. The molecule has 0 N–H and O–H groups in total. The average Bonchev–Trinajstić information content (AvgIpc) is 3.48. The van der Waals surface area contributed by atoms with Crippen LogP contribution >= 0.6 is 0 Å². The molecular formula is C23H23FN2O2. The minimum Gasteiger partial charge on any atom is -0.440 e. The molecule has 1 aliphatic heterocycles. The number of fused-ring (bicyclic) bond motifs is 1. The van der Waals surface area contributed by atoms with Gasteiger partial charge in [0.15, 0.2) is 11.5 Å². The summed E-state index contributed by atoms with van der Waals surface area (Å²) in [5.74, 6) is 1.67. The van der Waals surface area contributed by atoms with Crippen molar-refractivity contribution < 1.29 is 13.6 Å². The number of rotatable bonds is 4. The Bertz CT molecular complexity index is 999. The quantitative estimate of drug-likeness (QED) is 0.646. The van der Waals surface area contributed by atoms with Crippen LogP contribution in [-0.4, -0.2) is 28.9 Å². The number of carbonyl (C=O) groups excluding carboxylic acids is 1. The van der Waals surface area contributed by atoms with E-state index in [0.29, 0.717) is 23.0 Å². The molecule has 4 nitrogen and oxygen atoms in total. The van der Waals surface area contributed by atoms with E-state index in [1.807, 2.05) is 35.2 Å². The van der Waals surface area contributed by atoms with Gasteiger partial charge in [-0.05, 0) is 73.9 Å². The Morgan fingerprint density at radius 1 is 1.07 bits per heavy atom. The van der Waals surface area contributed by atoms with Crippen molar-refractivity contribution in [3.63, 3.8) is 0 Å². The summed E-state index contributed by atoms with van der Waals surface area (Å²) in [6.07, 6.45) is 5.17. The third kappa shape index (κ3) is 3.53. The Morgan fingerprint density at radius 2 is 1.82 bits per heavy atom. The van der Waals surface area contributed by atoms with Crippen molar-refractivity contribution in [2.24, 2.45) is 5.92 Å². The van der Waals surface area contributed by atoms with E-state index in [1.165, 1.54) is 12.1 Å². The number of piperidine rings is 1. The highest BCUT2D eigenvalue weighted by Crippen LogP contribution is 2.40. The third-order valence-electron chi connectivity index (χ3n) is 5.92. The molecule has 144 valence electrons. The van der Waals surface area contributed by atoms with Gasteiger partial charge in [0.05, 0.1) is 0 Å². The number of oxazole rings is 1. The molecule has 0 radical (unpaired) electrons. The van der Waals surface area contributed by atoms with Crippen LogP contribution in [0.2, 0.25) is 0 Å². The number of halogens is 1. The van der Waals surface area contributed by atoms with E-state index in [1.54, 1.807) is 0 Å². The Morgan fingerprint density at radius 3 is 2.54 bits per heavy atom. The van der Waals surface area contributed by atoms with E-state index >= 15 is 0 Å². The van der Waals surface area contributed by atoms with Gasteiger partial charge in [-0.3, -0.25) is 4.79 Å². The van der Waals surface area contributed by atoms with Gasteiger partial charge in [-0.1, -0.05) is 12.1 Å². The van der Waals surface area contributed by atoms with Gasteiger partial charge in [0.1, 0.15) is 11.3 Å². The van der Waals surface area contributed by atoms with E-state index < -0.39 is 0 Å². The van der Waals surface area contributed by atoms with Crippen LogP contribution in [0.5, 0.6) is 0 Å². The first-order chi connectivity index (χ1) is 13.7. The summed E-state index contributed by atoms with van der Waals surface area (Å²) in [5, 5.41) is 0. The molecule has 5 heteroatoms. The van der Waals surface area contributed by atoms with Crippen molar-refractivity contribution in [1.82, 2.24) is 9.88 Å². The zero-order valence-electron chi connectivity index (χ0n) is 15.7. The van der Waals surface area contributed by atoms with Crippen LogP contribution in [0.15, 0.2) is 46.9 Å². The molecule has 2 aliphatic rings. The molecule has 3 aromatic rings. The molecule has 0 atom stereocenters. The van der Waals surface area contributed by atoms with Gasteiger partial charge < -0.3 is 9.32 Å². The lowest BCUT2D eigenvalue weighted by molar-refractivity contribution is 0.0690. The molecule has 1 saturated carbocycles. The summed E-state index contributed by atoms with van der Waals surface area (Å²) in [6.45, 7) is 1.51. The summed E-state index contributed by atoms with van der Waals surface area (Å²) in [7, 11) is 0. The van der Waals surface area contributed by atoms with Gasteiger partial charge in [-0.25, -0.2) is 9.37 Å². The molecule has 1 saturated heterocycles. The van der Waals surface area contributed by atoms with Gasteiger partial charge >= 0.3 is 0 Å². The predicted molar refractivity (Wildman–Crippen MR) is 105 cm³/mol. The SMILES string of the molecule is O=C(c1ccc2nc(C3CC3)oc2c1)N1CCC(Cc2ccc(F)cc2)CC1. The number of aromatic nitrogens is 1. The molecule has 1 amide bonds. The van der Waals surface area contributed by atoms with Gasteiger partial charge in [0.25, 0.3) is 5.91 Å². The first-order valence-corrected chi connectivity index (χ1v) is 10.1. The smallest absolute Gasteiger partial charge is 0.253 e. The highest BCUT2D eigenvalue weighted by molar-refractivity contribution is 5.97. The predicted octanol–water partition coefficient (Wildman–Crippen LogP) is 4.94. The summed E-state index contributed by atoms with van der Waals surface area (Å²) < 4.78 is 18.9. The van der Waals surface area contributed by atoms with E-state index in [2.05, 4.69) is 4.98 Å². The van der Waals surface area contributed by atoms with Crippen molar-refractivity contribution in [3.05, 3.63) is 65.3 Å². The Labute approximate surface area is 163 Å². The fraction of sp³-hybridized carbons (Fsp3) is 0.391. The van der Waals surface area contributed by atoms with Crippen LogP contribution in [-0.2, 0) is 6.42 Å². The van der Waals surface area contributed by atoms with Gasteiger partial charge in [-0.15, -0.1) is 0 Å². The zero-order chi connectivity index (χ0) is 19.1. The lowest BCUT2D eigenvalue weighted by Crippen LogP contribution is -2.38. The number of hydrogen-bond donors (Lipinski definition) is 0. The number of nitrogens with zero attached hydrogens (tertiary/aromatic N) is 2. The fourth-order valence-electron chi connectivity index (χ4n) is 4.06. The zero-order valence-corrected chi connectivity index (χ0v) is 15.7. The summed E-state index contributed by atoms with van der Waals surface area (Å²) >= 11 is 0. The third-order valence-corrected chi connectivity index (χ3v) is 5.92. The second kappa shape index (κ2) is 7.04. The molecule has 2 aromatic carbocycles.